The van der Waals surface area contributed by atoms with Crippen LogP contribution in [0.3, 0.4) is 0 Å². The van der Waals surface area contributed by atoms with Gasteiger partial charge in [-0.25, -0.2) is 4.39 Å². The van der Waals surface area contributed by atoms with Gasteiger partial charge in [0.15, 0.2) is 0 Å². The minimum atomic E-state index is -0.969. The number of aliphatic hydroxyl groups excluding tert-OH is 1. The highest BCUT2D eigenvalue weighted by atomic mass is 19.1. The first kappa shape index (κ1) is 10.7. The summed E-state index contributed by atoms with van der Waals surface area (Å²) in [7, 11) is 0. The number of amides is 1. The van der Waals surface area contributed by atoms with Gasteiger partial charge in [-0.2, -0.15) is 0 Å². The predicted molar refractivity (Wildman–Crippen MR) is 49.8 cm³/mol. The van der Waals surface area contributed by atoms with E-state index in [0.29, 0.717) is 0 Å². The van der Waals surface area contributed by atoms with Crippen LogP contribution in [-0.4, -0.2) is 11.0 Å². The van der Waals surface area contributed by atoms with Crippen LogP contribution >= 0.6 is 0 Å². The number of aliphatic hydroxyl groups is 1. The zero-order valence-corrected chi connectivity index (χ0v) is 7.61. The topological polar surface area (TPSA) is 63.3 Å². The Morgan fingerprint density at radius 2 is 2.14 bits per heavy atom. The summed E-state index contributed by atoms with van der Waals surface area (Å²) in [5.41, 5.74) is 5.12. The molecule has 0 saturated heterocycles. The van der Waals surface area contributed by atoms with Crippen molar-refractivity contribution in [3.63, 3.8) is 0 Å². The Morgan fingerprint density at radius 1 is 1.50 bits per heavy atom. The number of rotatable bonds is 4. The van der Waals surface area contributed by atoms with Crippen molar-refractivity contribution in [2.24, 2.45) is 5.73 Å². The zero-order chi connectivity index (χ0) is 10.6. The number of hydrogen-bond acceptors (Lipinski definition) is 2. The summed E-state index contributed by atoms with van der Waals surface area (Å²) >= 11 is 0. The van der Waals surface area contributed by atoms with Crippen LogP contribution in [0, 0.1) is 5.82 Å². The maximum absolute atomic E-state index is 13.1. The van der Waals surface area contributed by atoms with Gasteiger partial charge >= 0.3 is 0 Å². The van der Waals surface area contributed by atoms with Crippen molar-refractivity contribution in [2.75, 3.05) is 0 Å². The summed E-state index contributed by atoms with van der Waals surface area (Å²) in [6.45, 7) is 0. The molecule has 4 heteroatoms. The molecule has 1 rings (SSSR count). The summed E-state index contributed by atoms with van der Waals surface area (Å²) in [5.74, 6) is -0.968. The molecule has 0 aliphatic carbocycles. The van der Waals surface area contributed by atoms with Crippen LogP contribution in [0.1, 0.15) is 24.5 Å². The Balaban J connectivity index is 2.65. The number of hydrogen-bond donors (Lipinski definition) is 2. The van der Waals surface area contributed by atoms with E-state index in [1.165, 1.54) is 12.1 Å². The average molecular weight is 197 g/mol. The van der Waals surface area contributed by atoms with E-state index in [-0.39, 0.29) is 18.4 Å². The average Bonchev–Trinajstić information content (AvgIpc) is 2.15. The lowest BCUT2D eigenvalue weighted by molar-refractivity contribution is -0.118. The minimum Gasteiger partial charge on any atom is -0.388 e. The molecule has 3 nitrogen and oxygen atoms in total. The Bertz CT molecular complexity index is 328. The molecule has 14 heavy (non-hydrogen) atoms. The maximum Gasteiger partial charge on any atom is 0.217 e. The first-order chi connectivity index (χ1) is 6.61. The fourth-order valence-corrected chi connectivity index (χ4v) is 1.18. The molecule has 0 radical (unpaired) electrons. The van der Waals surface area contributed by atoms with E-state index in [0.717, 1.165) is 0 Å². The van der Waals surface area contributed by atoms with Gasteiger partial charge in [0.05, 0.1) is 6.10 Å². The number of primary amides is 1. The van der Waals surface area contributed by atoms with Gasteiger partial charge in [-0.05, 0) is 12.5 Å². The Hall–Kier alpha value is -1.42. The van der Waals surface area contributed by atoms with Crippen molar-refractivity contribution in [1.82, 2.24) is 0 Å². The van der Waals surface area contributed by atoms with Crippen molar-refractivity contribution >= 4 is 5.91 Å². The third kappa shape index (κ3) is 2.81. The molecule has 1 unspecified atom stereocenters. The molecule has 0 aromatic heterocycles. The Morgan fingerprint density at radius 3 is 2.71 bits per heavy atom. The summed E-state index contributed by atoms with van der Waals surface area (Å²) < 4.78 is 13.1. The standard InChI is InChI=1S/C10H12FNO2/c11-8-4-2-1-3-7(8)9(13)5-6-10(12)14/h1-4,9,13H,5-6H2,(H2,12,14). The molecule has 0 saturated carbocycles. The third-order valence-electron chi connectivity index (χ3n) is 1.93. The normalized spacial score (nSPS) is 12.4. The second-order valence-electron chi connectivity index (χ2n) is 3.04. The number of carbonyl (C=O) groups excluding carboxylic acids is 1. The van der Waals surface area contributed by atoms with Gasteiger partial charge < -0.3 is 10.8 Å². The number of nitrogens with two attached hydrogens (primary N) is 1. The summed E-state index contributed by atoms with van der Waals surface area (Å²) in [4.78, 5) is 10.4. The van der Waals surface area contributed by atoms with E-state index in [9.17, 15) is 14.3 Å². The molecule has 0 aliphatic heterocycles. The lowest BCUT2D eigenvalue weighted by atomic mass is 10.0. The van der Waals surface area contributed by atoms with Crippen LogP contribution in [0.5, 0.6) is 0 Å². The largest absolute Gasteiger partial charge is 0.388 e. The van der Waals surface area contributed by atoms with Gasteiger partial charge in [0, 0.05) is 12.0 Å². The second-order valence-corrected chi connectivity index (χ2v) is 3.04. The van der Waals surface area contributed by atoms with Crippen molar-refractivity contribution < 1.29 is 14.3 Å². The minimum absolute atomic E-state index is 0.0511. The first-order valence-corrected chi connectivity index (χ1v) is 4.32. The molecule has 0 heterocycles. The predicted octanol–water partition coefficient (Wildman–Crippen LogP) is 1.12. The van der Waals surface area contributed by atoms with Gasteiger partial charge in [0.2, 0.25) is 5.91 Å². The molecule has 1 aromatic rings. The van der Waals surface area contributed by atoms with E-state index in [1.54, 1.807) is 12.1 Å². The molecule has 1 aromatic carbocycles. The van der Waals surface area contributed by atoms with Gasteiger partial charge in [-0.15, -0.1) is 0 Å². The van der Waals surface area contributed by atoms with Crippen LogP contribution in [0.15, 0.2) is 24.3 Å². The Labute approximate surface area is 81.4 Å². The number of halogens is 1. The summed E-state index contributed by atoms with van der Waals surface area (Å²) in [6, 6.07) is 5.93. The fraction of sp³-hybridized carbons (Fsp3) is 0.300. The molecule has 0 bridgehead atoms. The lowest BCUT2D eigenvalue weighted by Crippen LogP contribution is -2.12. The quantitative estimate of drug-likeness (QED) is 0.759. The summed E-state index contributed by atoms with van der Waals surface area (Å²) in [6.07, 6.45) is -0.769. The van der Waals surface area contributed by atoms with Gasteiger partial charge in [-0.3, -0.25) is 4.79 Å². The molecular weight excluding hydrogens is 185 g/mol. The molecule has 0 aliphatic rings. The van der Waals surface area contributed by atoms with Gasteiger partial charge in [-0.1, -0.05) is 18.2 Å². The zero-order valence-electron chi connectivity index (χ0n) is 7.61. The van der Waals surface area contributed by atoms with E-state index >= 15 is 0 Å². The van der Waals surface area contributed by atoms with Crippen molar-refractivity contribution in [3.05, 3.63) is 35.6 Å². The van der Waals surface area contributed by atoms with Gasteiger partial charge in [0.25, 0.3) is 0 Å². The highest BCUT2D eigenvalue weighted by Gasteiger charge is 2.12. The van der Waals surface area contributed by atoms with E-state index in [4.69, 9.17) is 5.73 Å². The SMILES string of the molecule is NC(=O)CCC(O)c1ccccc1F. The molecular formula is C10H12FNO2. The molecule has 0 fully saturated rings. The monoisotopic (exact) mass is 197 g/mol. The second kappa shape index (κ2) is 4.72. The molecule has 1 atom stereocenters. The van der Waals surface area contributed by atoms with Crippen LogP contribution in [-0.2, 0) is 4.79 Å². The molecule has 0 spiro atoms. The van der Waals surface area contributed by atoms with Crippen molar-refractivity contribution in [2.45, 2.75) is 18.9 Å². The van der Waals surface area contributed by atoms with Crippen molar-refractivity contribution in [3.8, 4) is 0 Å². The highest BCUT2D eigenvalue weighted by Crippen LogP contribution is 2.20. The third-order valence-corrected chi connectivity index (χ3v) is 1.93. The van der Waals surface area contributed by atoms with Crippen LogP contribution in [0.25, 0.3) is 0 Å². The first-order valence-electron chi connectivity index (χ1n) is 4.32. The molecule has 1 amide bonds. The number of benzene rings is 1. The smallest absolute Gasteiger partial charge is 0.217 e. The maximum atomic E-state index is 13.1. The van der Waals surface area contributed by atoms with Crippen LogP contribution in [0.2, 0.25) is 0 Å². The van der Waals surface area contributed by atoms with Gasteiger partial charge in [0.1, 0.15) is 5.82 Å². The van der Waals surface area contributed by atoms with E-state index < -0.39 is 17.8 Å². The lowest BCUT2D eigenvalue weighted by Gasteiger charge is -2.10. The van der Waals surface area contributed by atoms with Crippen molar-refractivity contribution in [1.29, 1.82) is 0 Å². The van der Waals surface area contributed by atoms with E-state index in [1.807, 2.05) is 0 Å². The molecule has 3 N–H and O–H groups in total. The Kier molecular flexibility index (Phi) is 3.59. The summed E-state index contributed by atoms with van der Waals surface area (Å²) in [5, 5.41) is 9.50. The number of carbonyl (C=O) groups is 1. The highest BCUT2D eigenvalue weighted by molar-refractivity contribution is 5.73. The molecule has 76 valence electrons. The fourth-order valence-electron chi connectivity index (χ4n) is 1.18. The van der Waals surface area contributed by atoms with E-state index in [2.05, 4.69) is 0 Å². The van der Waals surface area contributed by atoms with Crippen LogP contribution in [0.4, 0.5) is 4.39 Å². The van der Waals surface area contributed by atoms with Crippen LogP contribution < -0.4 is 5.73 Å².